The van der Waals surface area contributed by atoms with Gasteiger partial charge in [0.25, 0.3) is 0 Å². The van der Waals surface area contributed by atoms with E-state index < -0.39 is 5.76 Å². The number of para-hydroxylation sites is 2. The summed E-state index contributed by atoms with van der Waals surface area (Å²) in [5, 5.41) is 0.937. The Balaban J connectivity index is 1.30. The van der Waals surface area contributed by atoms with Crippen LogP contribution in [0.2, 0.25) is 0 Å². The van der Waals surface area contributed by atoms with Crippen LogP contribution >= 0.6 is 11.3 Å². The van der Waals surface area contributed by atoms with Gasteiger partial charge in [0.05, 0.1) is 17.3 Å². The summed E-state index contributed by atoms with van der Waals surface area (Å²) in [5.74, 6) is 0.178. The minimum atomic E-state index is -0.507. The third-order valence-electron chi connectivity index (χ3n) is 5.68. The van der Waals surface area contributed by atoms with Gasteiger partial charge in [-0.15, -0.1) is 0 Å². The highest BCUT2D eigenvalue weighted by molar-refractivity contribution is 7.22. The predicted octanol–water partition coefficient (Wildman–Crippen LogP) is 2.87. The fourth-order valence-electron chi connectivity index (χ4n) is 3.94. The summed E-state index contributed by atoms with van der Waals surface area (Å²) < 4.78 is 13.2. The smallest absolute Gasteiger partial charge is 0.420 e. The summed E-state index contributed by atoms with van der Waals surface area (Å²) in [6.45, 7) is 4.59. The first-order valence-corrected chi connectivity index (χ1v) is 10.9. The molecule has 0 aliphatic carbocycles. The first kappa shape index (κ1) is 19.6. The SMILES string of the molecule is COc1ccc(C)c2sc(N3CCN(C(=O)Cn4c(=O)oc5ccccc54)CC3)nc12. The lowest BCUT2D eigenvalue weighted by Crippen LogP contribution is -2.50. The third-order valence-corrected chi connectivity index (χ3v) is 6.93. The van der Waals surface area contributed by atoms with Crippen LogP contribution in [0, 0.1) is 6.92 Å². The lowest BCUT2D eigenvalue weighted by Gasteiger charge is -2.34. The van der Waals surface area contributed by atoms with Crippen molar-refractivity contribution in [3.8, 4) is 5.75 Å². The summed E-state index contributed by atoms with van der Waals surface area (Å²) in [5.41, 5.74) is 3.18. The van der Waals surface area contributed by atoms with Crippen LogP contribution in [0.15, 0.2) is 45.6 Å². The van der Waals surface area contributed by atoms with Crippen molar-refractivity contribution < 1.29 is 13.9 Å². The van der Waals surface area contributed by atoms with E-state index in [1.807, 2.05) is 18.2 Å². The molecule has 2 aromatic heterocycles. The van der Waals surface area contributed by atoms with Gasteiger partial charge >= 0.3 is 5.76 Å². The maximum Gasteiger partial charge on any atom is 0.420 e. The standard InChI is InChI=1S/C22H22N4O4S/c1-14-7-8-17(29-2)19-20(14)31-21(23-19)25-11-9-24(10-12-25)18(27)13-26-15-5-3-4-6-16(15)30-22(26)28/h3-8H,9-13H2,1-2H3. The van der Waals surface area contributed by atoms with Gasteiger partial charge in [0, 0.05) is 26.2 Å². The quantitative estimate of drug-likeness (QED) is 0.487. The van der Waals surface area contributed by atoms with Gasteiger partial charge in [-0.05, 0) is 30.7 Å². The molecule has 2 aromatic carbocycles. The Morgan fingerprint density at radius 2 is 1.94 bits per heavy atom. The second-order valence-electron chi connectivity index (χ2n) is 7.55. The van der Waals surface area contributed by atoms with Crippen molar-refractivity contribution in [2.24, 2.45) is 0 Å². The van der Waals surface area contributed by atoms with Crippen molar-refractivity contribution in [3.63, 3.8) is 0 Å². The second-order valence-corrected chi connectivity index (χ2v) is 8.53. The first-order valence-electron chi connectivity index (χ1n) is 10.1. The number of piperazine rings is 1. The number of methoxy groups -OCH3 is 1. The molecule has 160 valence electrons. The van der Waals surface area contributed by atoms with Crippen molar-refractivity contribution in [1.29, 1.82) is 0 Å². The van der Waals surface area contributed by atoms with Crippen LogP contribution in [-0.2, 0) is 11.3 Å². The normalized spacial score (nSPS) is 14.5. The minimum Gasteiger partial charge on any atom is -0.494 e. The van der Waals surface area contributed by atoms with Gasteiger partial charge in [-0.3, -0.25) is 9.36 Å². The maximum absolute atomic E-state index is 12.9. The van der Waals surface area contributed by atoms with Crippen molar-refractivity contribution in [1.82, 2.24) is 14.5 Å². The molecule has 3 heterocycles. The number of hydrogen-bond donors (Lipinski definition) is 0. The van der Waals surface area contributed by atoms with Crippen LogP contribution in [0.1, 0.15) is 5.56 Å². The van der Waals surface area contributed by atoms with E-state index in [1.165, 1.54) is 10.1 Å². The highest BCUT2D eigenvalue weighted by Crippen LogP contribution is 2.36. The van der Waals surface area contributed by atoms with E-state index in [1.54, 1.807) is 41.5 Å². The zero-order valence-electron chi connectivity index (χ0n) is 17.3. The van der Waals surface area contributed by atoms with Crippen molar-refractivity contribution >= 4 is 43.7 Å². The summed E-state index contributed by atoms with van der Waals surface area (Å²) in [4.78, 5) is 33.8. The fraction of sp³-hybridized carbons (Fsp3) is 0.318. The number of nitrogens with zero attached hydrogens (tertiary/aromatic N) is 4. The van der Waals surface area contributed by atoms with Crippen LogP contribution in [0.25, 0.3) is 21.3 Å². The number of ether oxygens (including phenoxy) is 1. The molecular formula is C22H22N4O4S. The number of aromatic nitrogens is 2. The zero-order chi connectivity index (χ0) is 21.5. The molecular weight excluding hydrogens is 416 g/mol. The Labute approximate surface area is 182 Å². The Morgan fingerprint density at radius 3 is 2.71 bits per heavy atom. The highest BCUT2D eigenvalue weighted by Gasteiger charge is 2.25. The molecule has 9 heteroatoms. The topological polar surface area (TPSA) is 80.8 Å². The number of carbonyl (C=O) groups is 1. The maximum atomic E-state index is 12.9. The Hall–Kier alpha value is -3.33. The summed E-state index contributed by atoms with van der Waals surface area (Å²) in [6, 6.07) is 11.1. The number of rotatable bonds is 4. The molecule has 1 aliphatic heterocycles. The molecule has 5 rings (SSSR count). The lowest BCUT2D eigenvalue weighted by molar-refractivity contribution is -0.132. The summed E-state index contributed by atoms with van der Waals surface area (Å²) in [6.07, 6.45) is 0. The van der Waals surface area contributed by atoms with E-state index in [0.717, 1.165) is 21.1 Å². The number of amides is 1. The number of carbonyl (C=O) groups excluding carboxylic acids is 1. The van der Waals surface area contributed by atoms with Crippen molar-refractivity contribution in [2.45, 2.75) is 13.5 Å². The van der Waals surface area contributed by atoms with Gasteiger partial charge in [0.1, 0.15) is 17.8 Å². The van der Waals surface area contributed by atoms with Crippen LogP contribution < -0.4 is 15.4 Å². The zero-order valence-corrected chi connectivity index (χ0v) is 18.1. The predicted molar refractivity (Wildman–Crippen MR) is 120 cm³/mol. The lowest BCUT2D eigenvalue weighted by atomic mass is 10.2. The average molecular weight is 439 g/mol. The first-order chi connectivity index (χ1) is 15.0. The molecule has 0 radical (unpaired) electrons. The molecule has 1 saturated heterocycles. The molecule has 0 N–H and O–H groups in total. The fourth-order valence-corrected chi connectivity index (χ4v) is 5.05. The number of hydrogen-bond acceptors (Lipinski definition) is 7. The Morgan fingerprint density at radius 1 is 1.16 bits per heavy atom. The number of aryl methyl sites for hydroxylation is 1. The number of fused-ring (bicyclic) bond motifs is 2. The van der Waals surface area contributed by atoms with Gasteiger partial charge in [-0.25, -0.2) is 9.78 Å². The molecule has 1 aliphatic rings. The van der Waals surface area contributed by atoms with E-state index in [0.29, 0.717) is 37.3 Å². The number of benzene rings is 2. The molecule has 0 atom stereocenters. The van der Waals surface area contributed by atoms with Crippen LogP contribution in [-0.4, -0.2) is 53.6 Å². The minimum absolute atomic E-state index is 0.0205. The van der Waals surface area contributed by atoms with E-state index >= 15 is 0 Å². The van der Waals surface area contributed by atoms with E-state index in [-0.39, 0.29) is 12.5 Å². The third kappa shape index (κ3) is 3.44. The van der Waals surface area contributed by atoms with Gasteiger partial charge < -0.3 is 19.0 Å². The molecule has 0 unspecified atom stereocenters. The van der Waals surface area contributed by atoms with E-state index in [9.17, 15) is 9.59 Å². The van der Waals surface area contributed by atoms with Crippen molar-refractivity contribution in [3.05, 3.63) is 52.5 Å². The molecule has 1 fully saturated rings. The molecule has 0 bridgehead atoms. The monoisotopic (exact) mass is 438 g/mol. The Bertz CT molecular complexity index is 1330. The molecule has 0 saturated carbocycles. The van der Waals surface area contributed by atoms with Crippen LogP contribution in [0.5, 0.6) is 5.75 Å². The van der Waals surface area contributed by atoms with Gasteiger partial charge in [0.15, 0.2) is 10.7 Å². The number of thiazole rings is 1. The number of anilines is 1. The van der Waals surface area contributed by atoms with Crippen molar-refractivity contribution in [2.75, 3.05) is 38.2 Å². The number of oxazole rings is 1. The van der Waals surface area contributed by atoms with Gasteiger partial charge in [-0.2, -0.15) is 0 Å². The van der Waals surface area contributed by atoms with E-state index in [4.69, 9.17) is 14.1 Å². The molecule has 0 spiro atoms. The molecule has 8 nitrogen and oxygen atoms in total. The summed E-state index contributed by atoms with van der Waals surface area (Å²) >= 11 is 1.65. The molecule has 1 amide bonds. The van der Waals surface area contributed by atoms with E-state index in [2.05, 4.69) is 11.8 Å². The molecule has 31 heavy (non-hydrogen) atoms. The van der Waals surface area contributed by atoms with Gasteiger partial charge in [-0.1, -0.05) is 29.5 Å². The molecule has 4 aromatic rings. The highest BCUT2D eigenvalue weighted by atomic mass is 32.1. The summed E-state index contributed by atoms with van der Waals surface area (Å²) in [7, 11) is 1.65. The van der Waals surface area contributed by atoms with Crippen LogP contribution in [0.4, 0.5) is 5.13 Å². The van der Waals surface area contributed by atoms with Gasteiger partial charge in [0.2, 0.25) is 5.91 Å². The largest absolute Gasteiger partial charge is 0.494 e. The van der Waals surface area contributed by atoms with Crippen LogP contribution in [0.3, 0.4) is 0 Å². The Kier molecular flexibility index (Phi) is 4.90. The second kappa shape index (κ2) is 7.73. The average Bonchev–Trinajstić information content (AvgIpc) is 3.37.